The number of nitrogens with two attached hydrogens (primary N) is 1. The molecule has 0 saturated heterocycles. The van der Waals surface area contributed by atoms with Gasteiger partial charge in [0.25, 0.3) is 17.5 Å². The average Bonchev–Trinajstić information content (AvgIpc) is 3.06. The van der Waals surface area contributed by atoms with Crippen molar-refractivity contribution < 1.29 is 14.5 Å². The fraction of sp³-hybridized carbons (Fsp3) is 0.200. The van der Waals surface area contributed by atoms with E-state index in [9.17, 15) is 19.7 Å². The lowest BCUT2D eigenvalue weighted by atomic mass is 10.1. The second-order valence-electron chi connectivity index (χ2n) is 5.15. The fourth-order valence-electron chi connectivity index (χ4n) is 2.75. The molecule has 0 spiro atoms. The van der Waals surface area contributed by atoms with E-state index in [1.54, 1.807) is 6.07 Å². The van der Waals surface area contributed by atoms with Crippen molar-refractivity contribution in [1.29, 1.82) is 0 Å². The molecule has 0 fully saturated rings. The normalized spacial score (nSPS) is 12.7. The number of primary amides is 1. The SMILES string of the molecule is NC(=O)c1c(NC(=O)c2ccccc2[N+](=O)[O-])sc2c1CCC2. The van der Waals surface area contributed by atoms with Crippen LogP contribution in [0.15, 0.2) is 24.3 Å². The molecule has 0 atom stereocenters. The van der Waals surface area contributed by atoms with Crippen LogP contribution in [0.1, 0.15) is 37.6 Å². The van der Waals surface area contributed by atoms with E-state index in [1.165, 1.54) is 29.5 Å². The van der Waals surface area contributed by atoms with E-state index in [0.717, 1.165) is 29.7 Å². The lowest BCUT2D eigenvalue weighted by molar-refractivity contribution is -0.385. The topological polar surface area (TPSA) is 115 Å². The molecule has 23 heavy (non-hydrogen) atoms. The van der Waals surface area contributed by atoms with Gasteiger partial charge in [0.1, 0.15) is 10.6 Å². The van der Waals surface area contributed by atoms with Gasteiger partial charge in [-0.05, 0) is 30.9 Å². The Morgan fingerprint density at radius 1 is 1.26 bits per heavy atom. The van der Waals surface area contributed by atoms with Crippen LogP contribution in [0.2, 0.25) is 0 Å². The van der Waals surface area contributed by atoms with Gasteiger partial charge in [-0.2, -0.15) is 0 Å². The van der Waals surface area contributed by atoms with E-state index >= 15 is 0 Å². The van der Waals surface area contributed by atoms with Gasteiger partial charge >= 0.3 is 0 Å². The maximum atomic E-state index is 12.4. The van der Waals surface area contributed by atoms with E-state index in [-0.39, 0.29) is 11.3 Å². The summed E-state index contributed by atoms with van der Waals surface area (Å²) in [7, 11) is 0. The quantitative estimate of drug-likeness (QED) is 0.661. The first-order valence-electron chi connectivity index (χ1n) is 6.98. The summed E-state index contributed by atoms with van der Waals surface area (Å²) in [6, 6.07) is 5.67. The molecular formula is C15H13N3O4S. The first-order chi connectivity index (χ1) is 11.0. The lowest BCUT2D eigenvalue weighted by Crippen LogP contribution is -2.18. The number of nitro groups is 1. The van der Waals surface area contributed by atoms with Crippen LogP contribution in [0.4, 0.5) is 10.7 Å². The zero-order valence-electron chi connectivity index (χ0n) is 12.0. The van der Waals surface area contributed by atoms with Crippen molar-refractivity contribution in [3.8, 4) is 0 Å². The first kappa shape index (κ1) is 15.2. The van der Waals surface area contributed by atoms with Crippen LogP contribution in [0, 0.1) is 10.1 Å². The monoisotopic (exact) mass is 331 g/mol. The second kappa shape index (κ2) is 5.81. The highest BCUT2D eigenvalue weighted by molar-refractivity contribution is 7.17. The molecule has 8 heteroatoms. The van der Waals surface area contributed by atoms with Crippen LogP contribution in [0.5, 0.6) is 0 Å². The van der Waals surface area contributed by atoms with Crippen LogP contribution in [-0.2, 0) is 12.8 Å². The Bertz CT molecular complexity index is 828. The maximum Gasteiger partial charge on any atom is 0.282 e. The minimum atomic E-state index is -0.625. The second-order valence-corrected chi connectivity index (χ2v) is 6.26. The van der Waals surface area contributed by atoms with Gasteiger partial charge in [0, 0.05) is 10.9 Å². The lowest BCUT2D eigenvalue weighted by Gasteiger charge is -2.06. The summed E-state index contributed by atoms with van der Waals surface area (Å²) in [6.07, 6.45) is 2.56. The van der Waals surface area contributed by atoms with Gasteiger partial charge in [0.05, 0.1) is 10.5 Å². The van der Waals surface area contributed by atoms with Gasteiger partial charge in [-0.3, -0.25) is 19.7 Å². The van der Waals surface area contributed by atoms with E-state index in [2.05, 4.69) is 5.32 Å². The minimum absolute atomic E-state index is 0.0542. The summed E-state index contributed by atoms with van der Waals surface area (Å²) in [6.45, 7) is 0. The van der Waals surface area contributed by atoms with Gasteiger partial charge in [-0.25, -0.2) is 0 Å². The van der Waals surface area contributed by atoms with E-state index < -0.39 is 16.7 Å². The number of hydrogen-bond acceptors (Lipinski definition) is 5. The third kappa shape index (κ3) is 2.68. The molecule has 0 unspecified atom stereocenters. The van der Waals surface area contributed by atoms with E-state index in [1.807, 2.05) is 0 Å². The van der Waals surface area contributed by atoms with Crippen LogP contribution < -0.4 is 11.1 Å². The highest BCUT2D eigenvalue weighted by Gasteiger charge is 2.27. The summed E-state index contributed by atoms with van der Waals surface area (Å²) in [4.78, 5) is 35.5. The predicted octanol–water partition coefficient (Wildman–Crippen LogP) is 2.50. The standard InChI is InChI=1S/C15H13N3O4S/c16-13(19)12-9-5-3-7-11(9)23-15(12)17-14(20)8-4-1-2-6-10(8)18(21)22/h1-2,4,6H,3,5,7H2,(H2,16,19)(H,17,20). The third-order valence-electron chi connectivity index (χ3n) is 3.74. The largest absolute Gasteiger partial charge is 0.365 e. The number of benzene rings is 1. The molecule has 1 aromatic carbocycles. The molecule has 2 aromatic rings. The van der Waals surface area contributed by atoms with Gasteiger partial charge < -0.3 is 11.1 Å². The van der Waals surface area contributed by atoms with Gasteiger partial charge in [-0.1, -0.05) is 12.1 Å². The summed E-state index contributed by atoms with van der Waals surface area (Å²) in [5.74, 6) is -1.22. The van der Waals surface area contributed by atoms with Gasteiger partial charge in [0.2, 0.25) is 0 Å². The number of hydrogen-bond donors (Lipinski definition) is 2. The van der Waals surface area contributed by atoms with Gasteiger partial charge in [0.15, 0.2) is 0 Å². The predicted molar refractivity (Wildman–Crippen MR) is 85.9 cm³/mol. The maximum absolute atomic E-state index is 12.4. The molecule has 0 aliphatic heterocycles. The molecule has 3 rings (SSSR count). The Hall–Kier alpha value is -2.74. The molecule has 0 radical (unpaired) electrons. The fourth-order valence-corrected chi connectivity index (χ4v) is 4.04. The molecule has 118 valence electrons. The van der Waals surface area contributed by atoms with Crippen molar-refractivity contribution >= 4 is 33.8 Å². The van der Waals surface area contributed by atoms with E-state index in [0.29, 0.717) is 10.6 Å². The number of nitrogens with one attached hydrogen (secondary N) is 1. The summed E-state index contributed by atoms with van der Waals surface area (Å²) in [5, 5.41) is 14.0. The van der Waals surface area contributed by atoms with Crippen molar-refractivity contribution in [3.63, 3.8) is 0 Å². The van der Waals surface area contributed by atoms with Crippen molar-refractivity contribution in [2.45, 2.75) is 19.3 Å². The number of anilines is 1. The Morgan fingerprint density at radius 2 is 2.00 bits per heavy atom. The number of nitro benzene ring substituents is 1. The Balaban J connectivity index is 1.96. The van der Waals surface area contributed by atoms with Gasteiger partial charge in [-0.15, -0.1) is 11.3 Å². The number of carbonyl (C=O) groups is 2. The smallest absolute Gasteiger partial charge is 0.282 e. The molecule has 0 saturated carbocycles. The minimum Gasteiger partial charge on any atom is -0.365 e. The Labute approximate surface area is 135 Å². The van der Waals surface area contributed by atoms with Crippen molar-refractivity contribution in [1.82, 2.24) is 0 Å². The summed E-state index contributed by atoms with van der Waals surface area (Å²) in [5.41, 5.74) is 6.31. The molecule has 2 amide bonds. The molecule has 1 aliphatic rings. The number of aryl methyl sites for hydroxylation is 1. The van der Waals surface area contributed by atoms with Crippen molar-refractivity contribution in [3.05, 3.63) is 55.9 Å². The number of rotatable bonds is 4. The summed E-state index contributed by atoms with van der Waals surface area (Å²) >= 11 is 1.31. The molecule has 1 aliphatic carbocycles. The summed E-state index contributed by atoms with van der Waals surface area (Å²) < 4.78 is 0. The van der Waals surface area contributed by atoms with Crippen LogP contribution in [0.25, 0.3) is 0 Å². The highest BCUT2D eigenvalue weighted by Crippen LogP contribution is 2.39. The number of para-hydroxylation sites is 1. The molecular weight excluding hydrogens is 318 g/mol. The first-order valence-corrected chi connectivity index (χ1v) is 7.79. The number of fused-ring (bicyclic) bond motifs is 1. The Kier molecular flexibility index (Phi) is 3.83. The number of nitrogens with zero attached hydrogens (tertiary/aromatic N) is 1. The van der Waals surface area contributed by atoms with Crippen LogP contribution in [-0.4, -0.2) is 16.7 Å². The van der Waals surface area contributed by atoms with Crippen LogP contribution in [0.3, 0.4) is 0 Å². The number of amides is 2. The number of carbonyl (C=O) groups excluding carboxylic acids is 2. The van der Waals surface area contributed by atoms with Crippen molar-refractivity contribution in [2.24, 2.45) is 5.73 Å². The van der Waals surface area contributed by atoms with Crippen molar-refractivity contribution in [2.75, 3.05) is 5.32 Å². The average molecular weight is 331 g/mol. The molecule has 3 N–H and O–H groups in total. The number of thiophene rings is 1. The zero-order valence-corrected chi connectivity index (χ0v) is 12.8. The molecule has 1 heterocycles. The highest BCUT2D eigenvalue weighted by atomic mass is 32.1. The molecule has 1 aromatic heterocycles. The van der Waals surface area contributed by atoms with Crippen LogP contribution >= 0.6 is 11.3 Å². The molecule has 7 nitrogen and oxygen atoms in total. The Morgan fingerprint density at radius 3 is 2.70 bits per heavy atom. The van der Waals surface area contributed by atoms with E-state index in [4.69, 9.17) is 5.73 Å². The third-order valence-corrected chi connectivity index (χ3v) is 4.95. The zero-order chi connectivity index (χ0) is 16.6. The molecule has 0 bridgehead atoms.